The molecule has 0 aromatic heterocycles. The second-order valence-corrected chi connectivity index (χ2v) is 5.24. The minimum Gasteiger partial charge on any atom is -0.632 e. The number of rotatable bonds is 3. The number of hydroxylamine groups is 3. The highest BCUT2D eigenvalue weighted by atomic mass is 16.6. The Kier molecular flexibility index (Phi) is 3.52. The van der Waals surface area contributed by atoms with Crippen LogP contribution in [0.4, 0.5) is 0 Å². The topological polar surface area (TPSA) is 26.3 Å². The van der Waals surface area contributed by atoms with Gasteiger partial charge in [-0.2, -0.15) is 0 Å². The number of likely N-dealkylation sites (N-methyl/N-ethyl adjacent to an activating group) is 1. The fourth-order valence-corrected chi connectivity index (χ4v) is 2.72. The zero-order valence-corrected chi connectivity index (χ0v) is 11.0. The van der Waals surface area contributed by atoms with Crippen molar-refractivity contribution in [1.82, 2.24) is 4.90 Å². The van der Waals surface area contributed by atoms with Gasteiger partial charge in [0.15, 0.2) is 0 Å². The Morgan fingerprint density at radius 1 is 1.41 bits per heavy atom. The third kappa shape index (κ3) is 2.51. The van der Waals surface area contributed by atoms with Crippen molar-refractivity contribution < 1.29 is 4.65 Å². The predicted molar refractivity (Wildman–Crippen MR) is 70.1 cm³/mol. The maximum atomic E-state index is 12.3. The second kappa shape index (κ2) is 4.77. The molecule has 1 aliphatic rings. The maximum Gasteiger partial charge on any atom is 0.135 e. The number of hydrogen-bond donors (Lipinski definition) is 0. The molecule has 3 nitrogen and oxygen atoms in total. The molecule has 3 atom stereocenters. The van der Waals surface area contributed by atoms with Gasteiger partial charge in [-0.05, 0) is 18.9 Å². The summed E-state index contributed by atoms with van der Waals surface area (Å²) in [6, 6.07) is 11.0. The van der Waals surface area contributed by atoms with Gasteiger partial charge in [0.1, 0.15) is 12.7 Å². The molecule has 1 saturated heterocycles. The molecule has 0 amide bonds. The van der Waals surface area contributed by atoms with E-state index in [0.717, 1.165) is 13.0 Å². The average Bonchev–Trinajstić information content (AvgIpc) is 2.64. The summed E-state index contributed by atoms with van der Waals surface area (Å²) in [7, 11) is 1.80. The van der Waals surface area contributed by atoms with Gasteiger partial charge in [0.05, 0.1) is 13.6 Å². The Balaban J connectivity index is 2.10. The Labute approximate surface area is 104 Å². The summed E-state index contributed by atoms with van der Waals surface area (Å²) in [6.07, 6.45) is 0.956. The maximum absolute atomic E-state index is 12.3. The van der Waals surface area contributed by atoms with Crippen LogP contribution in [0.2, 0.25) is 0 Å². The summed E-state index contributed by atoms with van der Waals surface area (Å²) in [5.74, 6) is 0. The van der Waals surface area contributed by atoms with Crippen LogP contribution < -0.4 is 0 Å². The molecule has 1 fully saturated rings. The van der Waals surface area contributed by atoms with Crippen molar-refractivity contribution >= 4 is 0 Å². The molecule has 0 spiro atoms. The normalized spacial score (nSPS) is 31.6. The largest absolute Gasteiger partial charge is 0.632 e. The first-order valence-electron chi connectivity index (χ1n) is 6.40. The minimum absolute atomic E-state index is 0.117. The highest BCUT2D eigenvalue weighted by Crippen LogP contribution is 2.29. The molecule has 1 heterocycles. The van der Waals surface area contributed by atoms with E-state index in [1.165, 1.54) is 5.56 Å². The lowest BCUT2D eigenvalue weighted by Crippen LogP contribution is -2.43. The van der Waals surface area contributed by atoms with Gasteiger partial charge < -0.3 is 9.85 Å². The molecule has 0 aliphatic carbocycles. The molecule has 1 aromatic carbocycles. The summed E-state index contributed by atoms with van der Waals surface area (Å²) in [5, 5.41) is 12.3. The third-order valence-electron chi connectivity index (χ3n) is 3.98. The van der Waals surface area contributed by atoms with Crippen LogP contribution in [-0.2, 0) is 0 Å². The summed E-state index contributed by atoms with van der Waals surface area (Å²) in [5.41, 5.74) is 1.30. The van der Waals surface area contributed by atoms with E-state index in [4.69, 9.17) is 0 Å². The Morgan fingerprint density at radius 2 is 2.06 bits per heavy atom. The van der Waals surface area contributed by atoms with Crippen molar-refractivity contribution in [2.24, 2.45) is 0 Å². The molecule has 1 aliphatic heterocycles. The number of hydrogen-bond acceptors (Lipinski definition) is 2. The zero-order chi connectivity index (χ0) is 12.5. The fourth-order valence-electron chi connectivity index (χ4n) is 2.72. The van der Waals surface area contributed by atoms with E-state index in [2.05, 4.69) is 43.0 Å². The zero-order valence-electron chi connectivity index (χ0n) is 11.0. The van der Waals surface area contributed by atoms with E-state index in [1.807, 2.05) is 6.07 Å². The molecule has 3 unspecified atom stereocenters. The van der Waals surface area contributed by atoms with E-state index in [1.54, 1.807) is 7.05 Å². The molecule has 0 saturated carbocycles. The van der Waals surface area contributed by atoms with Crippen LogP contribution in [0.5, 0.6) is 0 Å². The van der Waals surface area contributed by atoms with Gasteiger partial charge in [0.25, 0.3) is 0 Å². The first-order valence-corrected chi connectivity index (χ1v) is 6.40. The van der Waals surface area contributed by atoms with Gasteiger partial charge in [0.2, 0.25) is 0 Å². The van der Waals surface area contributed by atoms with E-state index >= 15 is 0 Å². The average molecular weight is 234 g/mol. The Hall–Kier alpha value is -0.900. The monoisotopic (exact) mass is 234 g/mol. The smallest absolute Gasteiger partial charge is 0.135 e. The first-order chi connectivity index (χ1) is 8.04. The molecular formula is C14H22N2O. The van der Waals surface area contributed by atoms with Crippen LogP contribution in [0, 0.1) is 5.21 Å². The molecule has 0 bridgehead atoms. The summed E-state index contributed by atoms with van der Waals surface area (Å²) in [4.78, 5) is 2.30. The predicted octanol–water partition coefficient (Wildman–Crippen LogP) is 2.74. The molecule has 3 heteroatoms. The molecule has 17 heavy (non-hydrogen) atoms. The van der Waals surface area contributed by atoms with Gasteiger partial charge in [-0.1, -0.05) is 37.3 Å². The molecule has 2 rings (SSSR count). The number of benzene rings is 1. The van der Waals surface area contributed by atoms with Gasteiger partial charge >= 0.3 is 0 Å². The van der Waals surface area contributed by atoms with Crippen molar-refractivity contribution in [3.8, 4) is 0 Å². The van der Waals surface area contributed by atoms with Crippen LogP contribution in [-0.4, -0.2) is 35.8 Å². The van der Waals surface area contributed by atoms with E-state index in [-0.39, 0.29) is 10.7 Å². The standard InChI is InChI=1S/C14H22N2O/c1-4-14-10-15(11-16(14,3)17)12(2)13-8-6-5-7-9-13/h5-9,12,14H,4,10-11H2,1-3H3. The summed E-state index contributed by atoms with van der Waals surface area (Å²) >= 11 is 0. The number of quaternary nitrogens is 1. The van der Waals surface area contributed by atoms with Crippen molar-refractivity contribution in [2.75, 3.05) is 20.3 Å². The molecule has 94 valence electrons. The van der Waals surface area contributed by atoms with Gasteiger partial charge in [-0.25, -0.2) is 4.90 Å². The second-order valence-electron chi connectivity index (χ2n) is 5.24. The number of nitrogens with zero attached hydrogens (tertiary/aromatic N) is 2. The van der Waals surface area contributed by atoms with Gasteiger partial charge in [0, 0.05) is 6.04 Å². The summed E-state index contributed by atoms with van der Waals surface area (Å²) in [6.45, 7) is 5.81. The molecule has 0 N–H and O–H groups in total. The van der Waals surface area contributed by atoms with Crippen LogP contribution in [0.25, 0.3) is 0 Å². The molecule has 1 aromatic rings. The lowest BCUT2D eigenvalue weighted by molar-refractivity contribution is -0.877. The highest BCUT2D eigenvalue weighted by Gasteiger charge is 2.37. The van der Waals surface area contributed by atoms with Gasteiger partial charge in [-0.15, -0.1) is 0 Å². The van der Waals surface area contributed by atoms with Crippen LogP contribution in [0.15, 0.2) is 30.3 Å². The van der Waals surface area contributed by atoms with E-state index in [9.17, 15) is 5.21 Å². The van der Waals surface area contributed by atoms with Crippen molar-refractivity contribution in [3.63, 3.8) is 0 Å². The Morgan fingerprint density at radius 3 is 2.59 bits per heavy atom. The van der Waals surface area contributed by atoms with Gasteiger partial charge in [-0.3, -0.25) is 0 Å². The molecular weight excluding hydrogens is 212 g/mol. The highest BCUT2D eigenvalue weighted by molar-refractivity contribution is 5.18. The van der Waals surface area contributed by atoms with E-state index in [0.29, 0.717) is 12.7 Å². The van der Waals surface area contributed by atoms with E-state index < -0.39 is 0 Å². The van der Waals surface area contributed by atoms with Crippen LogP contribution >= 0.6 is 0 Å². The summed E-state index contributed by atoms with van der Waals surface area (Å²) < 4.78 is -0.117. The lowest BCUT2D eigenvalue weighted by Gasteiger charge is -2.39. The van der Waals surface area contributed by atoms with Crippen molar-refractivity contribution in [1.29, 1.82) is 0 Å². The van der Waals surface area contributed by atoms with Crippen molar-refractivity contribution in [3.05, 3.63) is 41.1 Å². The SMILES string of the molecule is CCC1CN(C(C)c2ccccc2)C[N+]1(C)[O-]. The first kappa shape index (κ1) is 12.6. The van der Waals surface area contributed by atoms with Crippen LogP contribution in [0.1, 0.15) is 31.9 Å². The van der Waals surface area contributed by atoms with Crippen molar-refractivity contribution in [2.45, 2.75) is 32.4 Å². The Bertz CT molecular complexity index is 364. The lowest BCUT2D eigenvalue weighted by atomic mass is 10.1. The third-order valence-corrected chi connectivity index (χ3v) is 3.98. The quantitative estimate of drug-likeness (QED) is 0.594. The molecule has 0 radical (unpaired) electrons. The minimum atomic E-state index is -0.117. The fraction of sp³-hybridized carbons (Fsp3) is 0.571. The van der Waals surface area contributed by atoms with Crippen LogP contribution in [0.3, 0.4) is 0 Å².